The van der Waals surface area contributed by atoms with Gasteiger partial charge in [0.25, 0.3) is 5.56 Å². The average molecular weight is 374 g/mol. The number of para-hydroxylation sites is 1. The van der Waals surface area contributed by atoms with Crippen molar-refractivity contribution >= 4 is 16.6 Å². The molecule has 0 bridgehead atoms. The summed E-state index contributed by atoms with van der Waals surface area (Å²) in [6, 6.07) is 16.9. The SMILES string of the molecule is CC1(C)CCc2nc3cc(C4CCN(c5ccccc5)C4)ccc3c(=O)n2C1. The molecule has 0 saturated carbocycles. The predicted octanol–water partition coefficient (Wildman–Crippen LogP) is 4.36. The summed E-state index contributed by atoms with van der Waals surface area (Å²) in [4.78, 5) is 20.4. The first-order chi connectivity index (χ1) is 13.5. The third kappa shape index (κ3) is 3.01. The number of hydrogen-bond acceptors (Lipinski definition) is 3. The van der Waals surface area contributed by atoms with Crippen LogP contribution in [0.2, 0.25) is 0 Å². The normalized spacial score (nSPS) is 21.1. The number of aromatic nitrogens is 2. The lowest BCUT2D eigenvalue weighted by molar-refractivity contribution is 0.240. The van der Waals surface area contributed by atoms with E-state index in [4.69, 9.17) is 4.98 Å². The molecule has 1 fully saturated rings. The fourth-order valence-electron chi connectivity index (χ4n) is 4.75. The highest BCUT2D eigenvalue weighted by Crippen LogP contribution is 2.33. The van der Waals surface area contributed by atoms with Crippen LogP contribution in [-0.4, -0.2) is 22.6 Å². The van der Waals surface area contributed by atoms with Crippen LogP contribution in [0.4, 0.5) is 5.69 Å². The van der Waals surface area contributed by atoms with E-state index in [1.165, 1.54) is 11.3 Å². The maximum atomic E-state index is 13.0. The molecule has 1 aromatic heterocycles. The highest BCUT2D eigenvalue weighted by molar-refractivity contribution is 5.78. The second-order valence-corrected chi connectivity index (χ2v) is 9.13. The standard InChI is InChI=1S/C24H27N3O/c1-24(2)12-10-22-25-21-14-17(8-9-20(21)23(28)27(22)16-24)18-11-13-26(15-18)19-6-4-3-5-7-19/h3-9,14,18H,10-13,15-16H2,1-2H3. The molecule has 5 rings (SSSR count). The lowest BCUT2D eigenvalue weighted by Crippen LogP contribution is -2.36. The molecule has 1 unspecified atom stereocenters. The molecule has 28 heavy (non-hydrogen) atoms. The van der Waals surface area contributed by atoms with Crippen LogP contribution in [-0.2, 0) is 13.0 Å². The van der Waals surface area contributed by atoms with Gasteiger partial charge in [-0.05, 0) is 48.1 Å². The van der Waals surface area contributed by atoms with E-state index in [0.717, 1.165) is 55.6 Å². The number of nitrogens with zero attached hydrogens (tertiary/aromatic N) is 3. The highest BCUT2D eigenvalue weighted by Gasteiger charge is 2.28. The molecule has 2 aromatic carbocycles. The van der Waals surface area contributed by atoms with Crippen molar-refractivity contribution in [1.82, 2.24) is 9.55 Å². The number of aryl methyl sites for hydroxylation is 1. The third-order valence-corrected chi connectivity index (χ3v) is 6.45. The van der Waals surface area contributed by atoms with Gasteiger partial charge in [0, 0.05) is 37.7 Å². The summed E-state index contributed by atoms with van der Waals surface area (Å²) >= 11 is 0. The van der Waals surface area contributed by atoms with Gasteiger partial charge in [-0.25, -0.2) is 4.98 Å². The molecule has 1 atom stereocenters. The molecular formula is C24H27N3O. The number of anilines is 1. The highest BCUT2D eigenvalue weighted by atomic mass is 16.1. The minimum Gasteiger partial charge on any atom is -0.371 e. The zero-order chi connectivity index (χ0) is 19.3. The topological polar surface area (TPSA) is 38.1 Å². The predicted molar refractivity (Wildman–Crippen MR) is 114 cm³/mol. The second kappa shape index (κ2) is 6.47. The molecule has 4 heteroatoms. The van der Waals surface area contributed by atoms with Gasteiger partial charge in [0.1, 0.15) is 5.82 Å². The summed E-state index contributed by atoms with van der Waals surface area (Å²) in [7, 11) is 0. The summed E-state index contributed by atoms with van der Waals surface area (Å²) in [5.74, 6) is 1.44. The lowest BCUT2D eigenvalue weighted by Gasteiger charge is -2.31. The summed E-state index contributed by atoms with van der Waals surface area (Å²) < 4.78 is 1.90. The Morgan fingerprint density at radius 3 is 2.75 bits per heavy atom. The van der Waals surface area contributed by atoms with Gasteiger partial charge >= 0.3 is 0 Å². The Morgan fingerprint density at radius 1 is 1.11 bits per heavy atom. The van der Waals surface area contributed by atoms with Crippen LogP contribution in [0.5, 0.6) is 0 Å². The molecule has 3 heterocycles. The zero-order valence-corrected chi connectivity index (χ0v) is 16.7. The molecule has 0 aliphatic carbocycles. The van der Waals surface area contributed by atoms with Crippen molar-refractivity contribution in [3.05, 3.63) is 70.3 Å². The average Bonchev–Trinajstić information content (AvgIpc) is 3.19. The monoisotopic (exact) mass is 373 g/mol. The fourth-order valence-corrected chi connectivity index (χ4v) is 4.75. The smallest absolute Gasteiger partial charge is 0.261 e. The van der Waals surface area contributed by atoms with Gasteiger partial charge in [0.15, 0.2) is 0 Å². The Bertz CT molecular complexity index is 1080. The maximum absolute atomic E-state index is 13.0. The third-order valence-electron chi connectivity index (χ3n) is 6.45. The minimum absolute atomic E-state index is 0.122. The molecule has 0 N–H and O–H groups in total. The summed E-state index contributed by atoms with van der Waals surface area (Å²) in [5.41, 5.74) is 3.75. The Hall–Kier alpha value is -2.62. The Labute approximate surface area is 165 Å². The van der Waals surface area contributed by atoms with Crippen LogP contribution in [0.25, 0.3) is 10.9 Å². The number of fused-ring (bicyclic) bond motifs is 2. The van der Waals surface area contributed by atoms with Gasteiger partial charge in [-0.2, -0.15) is 0 Å². The van der Waals surface area contributed by atoms with E-state index in [0.29, 0.717) is 5.92 Å². The first kappa shape index (κ1) is 17.5. The van der Waals surface area contributed by atoms with Gasteiger partial charge in [0.05, 0.1) is 10.9 Å². The Kier molecular flexibility index (Phi) is 4.04. The van der Waals surface area contributed by atoms with Crippen LogP contribution in [0.3, 0.4) is 0 Å². The summed E-state index contributed by atoms with van der Waals surface area (Å²) in [6.45, 7) is 7.32. The van der Waals surface area contributed by atoms with Gasteiger partial charge in [0.2, 0.25) is 0 Å². The molecule has 0 amide bonds. The van der Waals surface area contributed by atoms with Gasteiger partial charge in [-0.3, -0.25) is 9.36 Å². The lowest BCUT2D eigenvalue weighted by atomic mass is 9.85. The van der Waals surface area contributed by atoms with E-state index in [9.17, 15) is 4.79 Å². The van der Waals surface area contributed by atoms with E-state index in [-0.39, 0.29) is 11.0 Å². The van der Waals surface area contributed by atoms with Crippen molar-refractivity contribution in [2.45, 2.75) is 45.6 Å². The van der Waals surface area contributed by atoms with Crippen molar-refractivity contribution in [2.24, 2.45) is 5.41 Å². The summed E-state index contributed by atoms with van der Waals surface area (Å²) in [5, 5.41) is 0.753. The largest absolute Gasteiger partial charge is 0.371 e. The van der Waals surface area contributed by atoms with E-state index in [2.05, 4.69) is 61.2 Å². The van der Waals surface area contributed by atoms with Gasteiger partial charge < -0.3 is 4.90 Å². The Balaban J connectivity index is 1.47. The van der Waals surface area contributed by atoms with Gasteiger partial charge in [-0.1, -0.05) is 38.1 Å². The molecule has 4 nitrogen and oxygen atoms in total. The van der Waals surface area contributed by atoms with Crippen LogP contribution < -0.4 is 10.5 Å². The van der Waals surface area contributed by atoms with E-state index in [1.807, 2.05) is 10.6 Å². The molecule has 1 saturated heterocycles. The number of rotatable bonds is 2. The molecule has 144 valence electrons. The first-order valence-electron chi connectivity index (χ1n) is 10.3. The van der Waals surface area contributed by atoms with E-state index in [1.54, 1.807) is 0 Å². The zero-order valence-electron chi connectivity index (χ0n) is 16.7. The van der Waals surface area contributed by atoms with Crippen LogP contribution in [0.1, 0.15) is 44.0 Å². The minimum atomic E-state index is 0.122. The molecule has 0 spiro atoms. The summed E-state index contributed by atoms with van der Waals surface area (Å²) in [6.07, 6.45) is 3.10. The first-order valence-corrected chi connectivity index (χ1v) is 10.3. The van der Waals surface area contributed by atoms with E-state index >= 15 is 0 Å². The fraction of sp³-hybridized carbons (Fsp3) is 0.417. The van der Waals surface area contributed by atoms with Gasteiger partial charge in [-0.15, -0.1) is 0 Å². The van der Waals surface area contributed by atoms with Crippen LogP contribution in [0, 0.1) is 5.41 Å². The maximum Gasteiger partial charge on any atom is 0.261 e. The Morgan fingerprint density at radius 2 is 1.93 bits per heavy atom. The molecule has 0 radical (unpaired) electrons. The molecular weight excluding hydrogens is 346 g/mol. The number of benzene rings is 2. The van der Waals surface area contributed by atoms with Crippen molar-refractivity contribution in [3.8, 4) is 0 Å². The molecule has 3 aromatic rings. The molecule has 2 aliphatic heterocycles. The molecule has 2 aliphatic rings. The second-order valence-electron chi connectivity index (χ2n) is 9.13. The quantitative estimate of drug-likeness (QED) is 0.670. The van der Waals surface area contributed by atoms with Crippen LogP contribution in [0.15, 0.2) is 53.3 Å². The van der Waals surface area contributed by atoms with E-state index < -0.39 is 0 Å². The van der Waals surface area contributed by atoms with Crippen molar-refractivity contribution < 1.29 is 0 Å². The van der Waals surface area contributed by atoms with Crippen LogP contribution >= 0.6 is 0 Å². The van der Waals surface area contributed by atoms with Crippen molar-refractivity contribution in [2.75, 3.05) is 18.0 Å². The van der Waals surface area contributed by atoms with Crippen molar-refractivity contribution in [3.63, 3.8) is 0 Å². The van der Waals surface area contributed by atoms with Crippen molar-refractivity contribution in [1.29, 1.82) is 0 Å². The number of hydrogen-bond donors (Lipinski definition) is 0.